The lowest BCUT2D eigenvalue weighted by Gasteiger charge is -2.35. The first-order chi connectivity index (χ1) is 13.6. The predicted molar refractivity (Wildman–Crippen MR) is 112 cm³/mol. The van der Waals surface area contributed by atoms with E-state index in [0.29, 0.717) is 24.2 Å². The number of amides is 3. The maximum Gasteiger partial charge on any atom is 0.261 e. The van der Waals surface area contributed by atoms with Gasteiger partial charge in [0.25, 0.3) is 11.8 Å². The van der Waals surface area contributed by atoms with Gasteiger partial charge in [0.05, 0.1) is 11.1 Å². The zero-order chi connectivity index (χ0) is 19.5. The van der Waals surface area contributed by atoms with Crippen molar-refractivity contribution in [2.24, 2.45) is 0 Å². The Hall–Kier alpha value is -2.70. The van der Waals surface area contributed by atoms with E-state index in [1.165, 1.54) is 10.5 Å². The largest absolute Gasteiger partial charge is 0.340 e. The second-order valence-electron chi connectivity index (χ2n) is 7.20. The Labute approximate surface area is 176 Å². The molecule has 2 aliphatic rings. The van der Waals surface area contributed by atoms with Crippen LogP contribution in [0, 0.1) is 0 Å². The lowest BCUT2D eigenvalue weighted by atomic mass is 10.1. The van der Waals surface area contributed by atoms with E-state index >= 15 is 0 Å². The fraction of sp³-hybridized carbons (Fsp3) is 0.318. The Morgan fingerprint density at radius 3 is 1.93 bits per heavy atom. The number of fused-ring (bicyclic) bond motifs is 1. The van der Waals surface area contributed by atoms with Crippen molar-refractivity contribution >= 4 is 30.1 Å². The van der Waals surface area contributed by atoms with Crippen LogP contribution in [-0.2, 0) is 11.3 Å². The second kappa shape index (κ2) is 9.20. The zero-order valence-electron chi connectivity index (χ0n) is 16.1. The van der Waals surface area contributed by atoms with Crippen molar-refractivity contribution in [3.63, 3.8) is 0 Å². The smallest absolute Gasteiger partial charge is 0.261 e. The van der Waals surface area contributed by atoms with Crippen LogP contribution in [0.4, 0.5) is 0 Å². The molecule has 0 aliphatic carbocycles. The molecule has 0 atom stereocenters. The standard InChI is InChI=1S/C22H23N3O3.ClH/c26-20(10-11-25-21(27)18-8-4-5-9-19(18)22(25)28)24-14-12-23(13-15-24)16-17-6-2-1-3-7-17;/h1-9H,10-16H2;1H. The van der Waals surface area contributed by atoms with Crippen molar-refractivity contribution < 1.29 is 14.4 Å². The van der Waals surface area contributed by atoms with Crippen LogP contribution < -0.4 is 0 Å². The summed E-state index contributed by atoms with van der Waals surface area (Å²) in [5.74, 6) is -0.613. The normalized spacial score (nSPS) is 16.6. The van der Waals surface area contributed by atoms with Gasteiger partial charge < -0.3 is 4.90 Å². The van der Waals surface area contributed by atoms with Crippen LogP contribution in [0.1, 0.15) is 32.7 Å². The number of benzene rings is 2. The van der Waals surface area contributed by atoms with Gasteiger partial charge in [0.1, 0.15) is 0 Å². The third-order valence-corrected chi connectivity index (χ3v) is 5.40. The Kier molecular flexibility index (Phi) is 6.67. The first kappa shape index (κ1) is 21.0. The summed E-state index contributed by atoms with van der Waals surface area (Å²) in [5, 5.41) is 0. The van der Waals surface area contributed by atoms with Crippen LogP contribution in [-0.4, -0.2) is 65.1 Å². The van der Waals surface area contributed by atoms with Gasteiger partial charge in [0.15, 0.2) is 0 Å². The van der Waals surface area contributed by atoms with Gasteiger partial charge in [-0.25, -0.2) is 0 Å². The molecule has 0 bridgehead atoms. The molecule has 2 aromatic rings. The molecule has 0 unspecified atom stereocenters. The number of carbonyl (C=O) groups is 3. The van der Waals surface area contributed by atoms with Gasteiger partial charge in [0.2, 0.25) is 5.91 Å². The summed E-state index contributed by atoms with van der Waals surface area (Å²) in [6.45, 7) is 4.02. The van der Waals surface area contributed by atoms with Gasteiger partial charge in [-0.3, -0.25) is 24.2 Å². The van der Waals surface area contributed by atoms with E-state index in [9.17, 15) is 14.4 Å². The first-order valence-electron chi connectivity index (χ1n) is 9.63. The van der Waals surface area contributed by atoms with Gasteiger partial charge in [-0.15, -0.1) is 12.4 Å². The Morgan fingerprint density at radius 1 is 0.793 bits per heavy atom. The molecule has 6 nitrogen and oxygen atoms in total. The number of piperazine rings is 1. The van der Waals surface area contributed by atoms with Crippen LogP contribution in [0.2, 0.25) is 0 Å². The highest BCUT2D eigenvalue weighted by Crippen LogP contribution is 2.22. The Morgan fingerprint density at radius 2 is 1.34 bits per heavy atom. The lowest BCUT2D eigenvalue weighted by Crippen LogP contribution is -2.49. The summed E-state index contributed by atoms with van der Waals surface area (Å²) in [6, 6.07) is 17.1. The van der Waals surface area contributed by atoms with Crippen molar-refractivity contribution in [2.75, 3.05) is 32.7 Å². The number of nitrogens with zero attached hydrogens (tertiary/aromatic N) is 3. The summed E-state index contributed by atoms with van der Waals surface area (Å²) in [6.07, 6.45) is 0.171. The maximum atomic E-state index is 12.6. The summed E-state index contributed by atoms with van der Waals surface area (Å²) in [7, 11) is 0. The average Bonchev–Trinajstić information content (AvgIpc) is 2.98. The van der Waals surface area contributed by atoms with E-state index in [-0.39, 0.29) is 43.1 Å². The molecule has 2 aromatic carbocycles. The number of imide groups is 1. The highest BCUT2D eigenvalue weighted by molar-refractivity contribution is 6.21. The molecule has 4 rings (SSSR count). The zero-order valence-corrected chi connectivity index (χ0v) is 16.9. The van der Waals surface area contributed by atoms with Crippen molar-refractivity contribution in [3.8, 4) is 0 Å². The van der Waals surface area contributed by atoms with Gasteiger partial charge in [-0.05, 0) is 17.7 Å². The predicted octanol–water partition coefficient (Wildman–Crippen LogP) is 2.44. The fourth-order valence-electron chi connectivity index (χ4n) is 3.80. The molecule has 0 aromatic heterocycles. The summed E-state index contributed by atoms with van der Waals surface area (Å²) in [5.41, 5.74) is 2.12. The molecule has 0 radical (unpaired) electrons. The highest BCUT2D eigenvalue weighted by atomic mass is 35.5. The Bertz CT molecular complexity index is 860. The van der Waals surface area contributed by atoms with E-state index in [2.05, 4.69) is 17.0 Å². The van der Waals surface area contributed by atoms with Gasteiger partial charge in [-0.2, -0.15) is 0 Å². The SMILES string of the molecule is Cl.O=C(CCN1C(=O)c2ccccc2C1=O)N1CCN(Cc2ccccc2)CC1. The quantitative estimate of drug-likeness (QED) is 0.706. The molecule has 7 heteroatoms. The van der Waals surface area contributed by atoms with Crippen molar-refractivity contribution in [3.05, 3.63) is 71.3 Å². The van der Waals surface area contributed by atoms with Gasteiger partial charge in [0, 0.05) is 45.7 Å². The molecular formula is C22H24ClN3O3. The minimum atomic E-state index is -0.305. The number of carbonyl (C=O) groups excluding carboxylic acids is 3. The van der Waals surface area contributed by atoms with E-state index in [1.807, 2.05) is 23.1 Å². The van der Waals surface area contributed by atoms with Crippen molar-refractivity contribution in [1.82, 2.24) is 14.7 Å². The molecule has 2 heterocycles. The minimum absolute atomic E-state index is 0. The van der Waals surface area contributed by atoms with Crippen LogP contribution >= 0.6 is 12.4 Å². The average molecular weight is 414 g/mol. The van der Waals surface area contributed by atoms with E-state index in [0.717, 1.165) is 19.6 Å². The monoisotopic (exact) mass is 413 g/mol. The summed E-state index contributed by atoms with van der Waals surface area (Å²) < 4.78 is 0. The molecule has 3 amide bonds. The molecule has 152 valence electrons. The minimum Gasteiger partial charge on any atom is -0.340 e. The van der Waals surface area contributed by atoms with Crippen molar-refractivity contribution in [2.45, 2.75) is 13.0 Å². The van der Waals surface area contributed by atoms with Crippen LogP contribution in [0.5, 0.6) is 0 Å². The molecule has 0 spiro atoms. The molecular weight excluding hydrogens is 390 g/mol. The summed E-state index contributed by atoms with van der Waals surface area (Å²) in [4.78, 5) is 42.7. The van der Waals surface area contributed by atoms with Crippen LogP contribution in [0.3, 0.4) is 0 Å². The first-order valence-corrected chi connectivity index (χ1v) is 9.63. The lowest BCUT2D eigenvalue weighted by molar-refractivity contribution is -0.133. The number of hydrogen-bond acceptors (Lipinski definition) is 4. The van der Waals surface area contributed by atoms with Crippen LogP contribution in [0.25, 0.3) is 0 Å². The maximum absolute atomic E-state index is 12.6. The van der Waals surface area contributed by atoms with E-state index in [4.69, 9.17) is 0 Å². The Balaban J connectivity index is 0.00000240. The van der Waals surface area contributed by atoms with E-state index < -0.39 is 0 Å². The third-order valence-electron chi connectivity index (χ3n) is 5.40. The molecule has 2 aliphatic heterocycles. The third kappa shape index (κ3) is 4.49. The van der Waals surface area contributed by atoms with Gasteiger partial charge in [-0.1, -0.05) is 42.5 Å². The molecule has 0 N–H and O–H groups in total. The second-order valence-corrected chi connectivity index (χ2v) is 7.20. The van der Waals surface area contributed by atoms with Crippen LogP contribution in [0.15, 0.2) is 54.6 Å². The fourth-order valence-corrected chi connectivity index (χ4v) is 3.80. The van der Waals surface area contributed by atoms with Crippen molar-refractivity contribution in [1.29, 1.82) is 0 Å². The number of hydrogen-bond donors (Lipinski definition) is 0. The summed E-state index contributed by atoms with van der Waals surface area (Å²) >= 11 is 0. The molecule has 1 saturated heterocycles. The molecule has 1 fully saturated rings. The van der Waals surface area contributed by atoms with E-state index in [1.54, 1.807) is 24.3 Å². The molecule has 29 heavy (non-hydrogen) atoms. The number of rotatable bonds is 5. The van der Waals surface area contributed by atoms with Gasteiger partial charge >= 0.3 is 0 Å². The number of halogens is 1. The molecule has 0 saturated carbocycles. The topological polar surface area (TPSA) is 60.9 Å². The highest BCUT2D eigenvalue weighted by Gasteiger charge is 2.35.